The van der Waals surface area contributed by atoms with Crippen molar-refractivity contribution in [1.82, 2.24) is 4.98 Å². The molecule has 0 spiro atoms. The Morgan fingerprint density at radius 2 is 1.72 bits per heavy atom. The fourth-order valence-electron chi connectivity index (χ4n) is 4.23. The fraction of sp³-hybridized carbons (Fsp3) is 0.174. The molecular weight excluding hydrogens is 368 g/mol. The first kappa shape index (κ1) is 17.4. The monoisotopic (exact) mass is 386 g/mol. The molecule has 0 fully saturated rings. The number of ether oxygens (including phenoxy) is 1. The standard InChI is InChI=1S/C23H18N2O4/c26-22(27)15-11-14-9-10-25(21(14)24-12-15)23(28)29-13-20-18-7-3-1-5-16(18)17-6-2-4-8-19(17)20/h1-8,11-12,20H,9-10,13H2,(H,26,27). The van der Waals surface area contributed by atoms with Crippen LogP contribution in [0.2, 0.25) is 0 Å². The number of hydrogen-bond donors (Lipinski definition) is 1. The highest BCUT2D eigenvalue weighted by atomic mass is 16.6. The van der Waals surface area contributed by atoms with Crippen LogP contribution in [0.1, 0.15) is 33.0 Å². The number of nitrogens with zero attached hydrogens (tertiary/aromatic N) is 2. The van der Waals surface area contributed by atoms with Crippen LogP contribution in [0, 0.1) is 0 Å². The highest BCUT2D eigenvalue weighted by Crippen LogP contribution is 2.44. The molecule has 1 N–H and O–H groups in total. The van der Waals surface area contributed by atoms with Crippen LogP contribution in [0.3, 0.4) is 0 Å². The molecule has 0 saturated heterocycles. The van der Waals surface area contributed by atoms with E-state index in [1.165, 1.54) is 22.2 Å². The summed E-state index contributed by atoms with van der Waals surface area (Å²) in [6.07, 6.45) is 1.38. The van der Waals surface area contributed by atoms with Gasteiger partial charge in [-0.15, -0.1) is 0 Å². The number of carboxylic acid groups (broad SMARTS) is 1. The quantitative estimate of drug-likeness (QED) is 0.733. The lowest BCUT2D eigenvalue weighted by Crippen LogP contribution is -2.31. The number of carboxylic acids is 1. The van der Waals surface area contributed by atoms with Crippen molar-refractivity contribution in [3.8, 4) is 11.1 Å². The molecule has 1 aromatic heterocycles. The summed E-state index contributed by atoms with van der Waals surface area (Å²) >= 11 is 0. The second-order valence-electron chi connectivity index (χ2n) is 7.22. The zero-order chi connectivity index (χ0) is 20.0. The van der Waals surface area contributed by atoms with E-state index in [0.29, 0.717) is 18.8 Å². The number of pyridine rings is 1. The maximum Gasteiger partial charge on any atom is 0.415 e. The first-order valence-corrected chi connectivity index (χ1v) is 9.48. The molecule has 2 heterocycles. The van der Waals surface area contributed by atoms with E-state index < -0.39 is 12.1 Å². The van der Waals surface area contributed by atoms with Gasteiger partial charge in [-0.05, 0) is 40.3 Å². The van der Waals surface area contributed by atoms with Gasteiger partial charge in [0.2, 0.25) is 0 Å². The smallest absolute Gasteiger partial charge is 0.415 e. The lowest BCUT2D eigenvalue weighted by molar-refractivity contribution is 0.0696. The topological polar surface area (TPSA) is 79.7 Å². The van der Waals surface area contributed by atoms with Gasteiger partial charge in [-0.2, -0.15) is 0 Å². The number of amides is 1. The molecule has 0 bridgehead atoms. The molecule has 1 aliphatic heterocycles. The van der Waals surface area contributed by atoms with Crippen LogP contribution in [0.4, 0.5) is 10.6 Å². The van der Waals surface area contributed by atoms with Gasteiger partial charge in [0, 0.05) is 18.7 Å². The van der Waals surface area contributed by atoms with E-state index in [-0.39, 0.29) is 18.1 Å². The van der Waals surface area contributed by atoms with Gasteiger partial charge in [-0.3, -0.25) is 4.90 Å². The van der Waals surface area contributed by atoms with Gasteiger partial charge in [0.25, 0.3) is 0 Å². The molecule has 0 saturated carbocycles. The molecule has 3 aromatic rings. The fourth-order valence-corrected chi connectivity index (χ4v) is 4.23. The molecule has 6 heteroatoms. The van der Waals surface area contributed by atoms with Gasteiger partial charge < -0.3 is 9.84 Å². The summed E-state index contributed by atoms with van der Waals surface area (Å²) in [5.41, 5.74) is 5.55. The Hall–Kier alpha value is -3.67. The predicted molar refractivity (Wildman–Crippen MR) is 107 cm³/mol. The molecule has 0 atom stereocenters. The second-order valence-corrected chi connectivity index (χ2v) is 7.22. The van der Waals surface area contributed by atoms with E-state index in [1.807, 2.05) is 24.3 Å². The number of fused-ring (bicyclic) bond motifs is 4. The summed E-state index contributed by atoms with van der Waals surface area (Å²) in [6.45, 7) is 0.675. The Kier molecular flexibility index (Phi) is 4.05. The van der Waals surface area contributed by atoms with E-state index in [1.54, 1.807) is 6.07 Å². The summed E-state index contributed by atoms with van der Waals surface area (Å²) in [5, 5.41) is 9.11. The van der Waals surface area contributed by atoms with E-state index in [4.69, 9.17) is 9.84 Å². The van der Waals surface area contributed by atoms with Crippen LogP contribution >= 0.6 is 0 Å². The number of anilines is 1. The molecule has 1 aliphatic carbocycles. The van der Waals surface area contributed by atoms with E-state index in [9.17, 15) is 9.59 Å². The average Bonchev–Trinajstić information content (AvgIpc) is 3.31. The molecule has 5 rings (SSSR count). The molecule has 29 heavy (non-hydrogen) atoms. The van der Waals surface area contributed by atoms with Gasteiger partial charge >= 0.3 is 12.1 Å². The summed E-state index contributed by atoms with van der Waals surface area (Å²) < 4.78 is 5.69. The molecule has 6 nitrogen and oxygen atoms in total. The summed E-state index contributed by atoms with van der Waals surface area (Å²) in [7, 11) is 0. The van der Waals surface area contributed by atoms with Gasteiger partial charge in [0.15, 0.2) is 0 Å². The number of aromatic nitrogens is 1. The van der Waals surface area contributed by atoms with Crippen molar-refractivity contribution >= 4 is 17.9 Å². The van der Waals surface area contributed by atoms with Crippen LogP contribution in [0.15, 0.2) is 60.8 Å². The van der Waals surface area contributed by atoms with E-state index in [0.717, 1.165) is 16.7 Å². The highest BCUT2D eigenvalue weighted by Gasteiger charge is 2.32. The zero-order valence-electron chi connectivity index (χ0n) is 15.5. The minimum Gasteiger partial charge on any atom is -0.478 e. The van der Waals surface area contributed by atoms with Crippen molar-refractivity contribution in [3.63, 3.8) is 0 Å². The summed E-state index contributed by atoms with van der Waals surface area (Å²) in [6, 6.07) is 17.9. The summed E-state index contributed by atoms with van der Waals surface area (Å²) in [5.74, 6) is -0.553. The van der Waals surface area contributed by atoms with E-state index >= 15 is 0 Å². The Labute approximate surface area is 167 Å². The number of aromatic carboxylic acids is 1. The van der Waals surface area contributed by atoms with Crippen LogP contribution in [-0.4, -0.2) is 35.3 Å². The highest BCUT2D eigenvalue weighted by molar-refractivity contribution is 5.92. The minimum atomic E-state index is -1.03. The molecule has 0 radical (unpaired) electrons. The second kappa shape index (κ2) is 6.74. The van der Waals surface area contributed by atoms with Crippen molar-refractivity contribution in [2.75, 3.05) is 18.1 Å². The van der Waals surface area contributed by atoms with Gasteiger partial charge in [-0.1, -0.05) is 48.5 Å². The molecule has 1 amide bonds. The molecule has 2 aromatic carbocycles. The SMILES string of the molecule is O=C(O)c1cnc2c(c1)CCN2C(=O)OCC1c2ccccc2-c2ccccc21. The Morgan fingerprint density at radius 1 is 1.07 bits per heavy atom. The van der Waals surface area contributed by atoms with Crippen molar-refractivity contribution in [2.24, 2.45) is 0 Å². The molecule has 0 unspecified atom stereocenters. The third kappa shape index (κ3) is 2.84. The third-order valence-electron chi connectivity index (χ3n) is 5.61. The third-order valence-corrected chi connectivity index (χ3v) is 5.61. The number of carbonyl (C=O) groups excluding carboxylic acids is 1. The maximum atomic E-state index is 12.8. The largest absolute Gasteiger partial charge is 0.478 e. The maximum absolute atomic E-state index is 12.8. The lowest BCUT2D eigenvalue weighted by Gasteiger charge is -2.19. The molecule has 144 valence electrons. The van der Waals surface area contributed by atoms with Crippen molar-refractivity contribution < 1.29 is 19.4 Å². The van der Waals surface area contributed by atoms with Crippen molar-refractivity contribution in [2.45, 2.75) is 12.3 Å². The normalized spacial score (nSPS) is 14.3. The first-order valence-electron chi connectivity index (χ1n) is 9.48. The van der Waals surface area contributed by atoms with Crippen molar-refractivity contribution in [3.05, 3.63) is 83.0 Å². The number of benzene rings is 2. The minimum absolute atomic E-state index is 0.00392. The Balaban J connectivity index is 1.36. The number of hydrogen-bond acceptors (Lipinski definition) is 4. The summed E-state index contributed by atoms with van der Waals surface area (Å²) in [4.78, 5) is 29.5. The van der Waals surface area contributed by atoms with Gasteiger partial charge in [-0.25, -0.2) is 14.6 Å². The lowest BCUT2D eigenvalue weighted by atomic mass is 9.98. The van der Waals surface area contributed by atoms with E-state index in [2.05, 4.69) is 29.2 Å². The van der Waals surface area contributed by atoms with Crippen LogP contribution in [0.5, 0.6) is 0 Å². The van der Waals surface area contributed by atoms with Crippen LogP contribution < -0.4 is 4.90 Å². The first-order chi connectivity index (χ1) is 14.1. The van der Waals surface area contributed by atoms with Gasteiger partial charge in [0.05, 0.1) is 5.56 Å². The van der Waals surface area contributed by atoms with Crippen molar-refractivity contribution in [1.29, 1.82) is 0 Å². The van der Waals surface area contributed by atoms with Crippen LogP contribution in [-0.2, 0) is 11.2 Å². The van der Waals surface area contributed by atoms with Gasteiger partial charge in [0.1, 0.15) is 12.4 Å². The zero-order valence-corrected chi connectivity index (χ0v) is 15.5. The Bertz CT molecular complexity index is 1100. The predicted octanol–water partition coefficient (Wildman–Crippen LogP) is 4.09. The number of carbonyl (C=O) groups is 2. The average molecular weight is 386 g/mol. The number of rotatable bonds is 3. The molecule has 2 aliphatic rings. The Morgan fingerprint density at radius 3 is 2.38 bits per heavy atom. The molecular formula is C23H18N2O4. The van der Waals surface area contributed by atoms with Crippen LogP contribution in [0.25, 0.3) is 11.1 Å².